The number of nitrogens with one attached hydrogen (secondary N) is 1. The molecule has 6 heteroatoms. The Hall–Kier alpha value is 0.480. The Bertz CT molecular complexity index is 99.1. The third-order valence-corrected chi connectivity index (χ3v) is 1.75. The summed E-state index contributed by atoms with van der Waals surface area (Å²) >= 11 is 7.52. The average Bonchev–Trinajstić information content (AvgIpc) is 1.82. The average molecular weight is 185 g/mol. The molecule has 1 atom stereocenters. The van der Waals surface area contributed by atoms with Crippen LogP contribution in [0.3, 0.4) is 0 Å². The lowest BCUT2D eigenvalue weighted by Crippen LogP contribution is -2.33. The molecule has 0 unspecified atom stereocenters. The van der Waals surface area contributed by atoms with E-state index in [2.05, 4.69) is 29.0 Å². The molecule has 0 bridgehead atoms. The smallest absolute Gasteiger partial charge is 0.322 e. The van der Waals surface area contributed by atoms with Crippen LogP contribution >= 0.6 is 35.3 Å². The van der Waals surface area contributed by atoms with Gasteiger partial charge in [-0.15, -0.1) is 0 Å². The Kier molecular flexibility index (Phi) is 5.56. The van der Waals surface area contributed by atoms with Gasteiger partial charge in [-0.05, 0) is 11.0 Å². The molecule has 0 spiro atoms. The lowest BCUT2D eigenvalue weighted by Gasteiger charge is -2.06. The fourth-order valence-corrected chi connectivity index (χ4v) is 1.29. The monoisotopic (exact) mass is 185 g/mol. The van der Waals surface area contributed by atoms with Crippen molar-refractivity contribution in [3.8, 4) is 0 Å². The largest absolute Gasteiger partial charge is 0.480 e. The highest BCUT2D eigenvalue weighted by molar-refractivity contribution is 8.67. The van der Waals surface area contributed by atoms with Crippen molar-refractivity contribution in [2.24, 2.45) is 0 Å². The summed E-state index contributed by atoms with van der Waals surface area (Å²) in [5, 5.41) is 8.35. The zero-order chi connectivity index (χ0) is 7.28. The van der Waals surface area contributed by atoms with Crippen LogP contribution < -0.4 is 4.72 Å². The fraction of sp³-hybridized carbons (Fsp3) is 0.667. The predicted molar refractivity (Wildman–Crippen MR) is 45.0 cm³/mol. The number of aliphatic carboxylic acids is 1. The predicted octanol–water partition coefficient (Wildman–Crippen LogP) is 0.452. The molecule has 0 aliphatic heterocycles. The van der Waals surface area contributed by atoms with Crippen molar-refractivity contribution < 1.29 is 9.90 Å². The molecule has 0 heterocycles. The summed E-state index contributed by atoms with van der Waals surface area (Å²) in [6, 6.07) is -0.615. The van der Waals surface area contributed by atoms with Crippen LogP contribution in [0.25, 0.3) is 0 Å². The SMILES string of the molecule is O=C(O)[C@H](CS)NSS. The van der Waals surface area contributed by atoms with E-state index < -0.39 is 12.0 Å². The molecule has 54 valence electrons. The van der Waals surface area contributed by atoms with Gasteiger partial charge in [0.1, 0.15) is 6.04 Å². The van der Waals surface area contributed by atoms with Gasteiger partial charge < -0.3 is 5.11 Å². The number of hydrogen-bond acceptors (Lipinski definition) is 5. The first-order valence-electron chi connectivity index (χ1n) is 2.12. The standard InChI is InChI=1S/C3H7NO2S3/c5-3(6)2(1-7)4-9-8/h2,4,7-8H,1H2,(H,5,6)/t2-/m0/s1. The van der Waals surface area contributed by atoms with Crippen LogP contribution in [0.1, 0.15) is 0 Å². The second-order valence-corrected chi connectivity index (χ2v) is 2.61. The maximum Gasteiger partial charge on any atom is 0.322 e. The molecule has 9 heavy (non-hydrogen) atoms. The molecular formula is C3H7NO2S3. The first kappa shape index (κ1) is 9.48. The molecular weight excluding hydrogens is 178 g/mol. The fourth-order valence-electron chi connectivity index (χ4n) is 0.229. The summed E-state index contributed by atoms with van der Waals surface area (Å²) in [4.78, 5) is 10.2. The highest BCUT2D eigenvalue weighted by Gasteiger charge is 2.12. The Morgan fingerprint density at radius 1 is 1.89 bits per heavy atom. The van der Waals surface area contributed by atoms with Crippen molar-refractivity contribution in [2.45, 2.75) is 6.04 Å². The second-order valence-electron chi connectivity index (χ2n) is 1.28. The first-order valence-corrected chi connectivity index (χ1v) is 4.62. The summed E-state index contributed by atoms with van der Waals surface area (Å²) in [5.74, 6) is -0.644. The van der Waals surface area contributed by atoms with E-state index in [-0.39, 0.29) is 5.75 Å². The highest BCUT2D eigenvalue weighted by atomic mass is 33.1. The second kappa shape index (κ2) is 5.28. The number of hydrogen-bond donors (Lipinski definition) is 4. The minimum Gasteiger partial charge on any atom is -0.480 e. The topological polar surface area (TPSA) is 49.3 Å². The number of rotatable bonds is 4. The van der Waals surface area contributed by atoms with Crippen LogP contribution in [-0.4, -0.2) is 22.9 Å². The van der Waals surface area contributed by atoms with Gasteiger partial charge in [0.15, 0.2) is 0 Å². The normalized spacial score (nSPS) is 13.1. The van der Waals surface area contributed by atoms with Gasteiger partial charge in [-0.25, -0.2) is 4.72 Å². The molecule has 2 N–H and O–H groups in total. The lowest BCUT2D eigenvalue weighted by molar-refractivity contribution is -0.138. The van der Waals surface area contributed by atoms with Crippen molar-refractivity contribution >= 4 is 41.2 Å². The Labute approximate surface area is 67.9 Å². The van der Waals surface area contributed by atoms with Gasteiger partial charge in [0, 0.05) is 5.75 Å². The van der Waals surface area contributed by atoms with E-state index in [1.54, 1.807) is 0 Å². The molecule has 0 fully saturated rings. The first-order chi connectivity index (χ1) is 4.22. The van der Waals surface area contributed by atoms with E-state index >= 15 is 0 Å². The number of carboxylic acid groups (broad SMARTS) is 1. The molecule has 0 saturated heterocycles. The maximum absolute atomic E-state index is 10.2. The molecule has 0 amide bonds. The molecule has 0 saturated carbocycles. The minimum absolute atomic E-state index is 0.267. The van der Waals surface area contributed by atoms with E-state index in [1.807, 2.05) is 0 Å². The summed E-state index contributed by atoms with van der Waals surface area (Å²) < 4.78 is 2.54. The number of thiol groups is 2. The summed E-state index contributed by atoms with van der Waals surface area (Å²) in [6.45, 7) is 0. The summed E-state index contributed by atoms with van der Waals surface area (Å²) in [6.07, 6.45) is 0. The van der Waals surface area contributed by atoms with Crippen molar-refractivity contribution in [2.75, 3.05) is 5.75 Å². The lowest BCUT2D eigenvalue weighted by atomic mass is 10.4. The molecule has 0 aliphatic rings. The van der Waals surface area contributed by atoms with Crippen molar-refractivity contribution in [3.05, 3.63) is 0 Å². The van der Waals surface area contributed by atoms with E-state index in [0.29, 0.717) is 0 Å². The Morgan fingerprint density at radius 2 is 2.44 bits per heavy atom. The molecule has 0 aliphatic carbocycles. The van der Waals surface area contributed by atoms with Gasteiger partial charge in [-0.3, -0.25) is 4.79 Å². The van der Waals surface area contributed by atoms with Crippen LogP contribution in [0.4, 0.5) is 0 Å². The van der Waals surface area contributed by atoms with Crippen molar-refractivity contribution in [1.82, 2.24) is 4.72 Å². The molecule has 0 radical (unpaired) electrons. The van der Waals surface area contributed by atoms with Crippen LogP contribution in [0.2, 0.25) is 0 Å². The van der Waals surface area contributed by atoms with E-state index in [9.17, 15) is 4.79 Å². The quantitative estimate of drug-likeness (QED) is 0.292. The minimum atomic E-state index is -0.911. The van der Waals surface area contributed by atoms with E-state index in [1.165, 1.54) is 0 Å². The molecule has 0 rings (SSSR count). The van der Waals surface area contributed by atoms with Crippen molar-refractivity contribution in [1.29, 1.82) is 0 Å². The summed E-state index contributed by atoms with van der Waals surface area (Å²) in [5.41, 5.74) is 0. The van der Waals surface area contributed by atoms with Crippen LogP contribution in [0.15, 0.2) is 0 Å². The third kappa shape index (κ3) is 3.96. The number of carboxylic acids is 1. The molecule has 0 aromatic rings. The maximum atomic E-state index is 10.2. The molecule has 0 aromatic carbocycles. The van der Waals surface area contributed by atoms with Gasteiger partial charge in [0.05, 0.1) is 0 Å². The van der Waals surface area contributed by atoms with Gasteiger partial charge in [0.25, 0.3) is 0 Å². The zero-order valence-corrected chi connectivity index (χ0v) is 7.05. The van der Waals surface area contributed by atoms with E-state index in [4.69, 9.17) is 5.11 Å². The van der Waals surface area contributed by atoms with Crippen LogP contribution in [0, 0.1) is 0 Å². The van der Waals surface area contributed by atoms with Gasteiger partial charge in [-0.2, -0.15) is 12.6 Å². The van der Waals surface area contributed by atoms with Gasteiger partial charge in [0.2, 0.25) is 0 Å². The van der Waals surface area contributed by atoms with Crippen LogP contribution in [-0.2, 0) is 4.79 Å². The molecule has 0 aromatic heterocycles. The zero-order valence-electron chi connectivity index (χ0n) is 4.44. The Balaban J connectivity index is 3.54. The van der Waals surface area contributed by atoms with Crippen molar-refractivity contribution in [3.63, 3.8) is 0 Å². The Morgan fingerprint density at radius 3 is 2.56 bits per heavy atom. The van der Waals surface area contributed by atoms with Crippen LogP contribution in [0.5, 0.6) is 0 Å². The summed E-state index contributed by atoms with van der Waals surface area (Å²) in [7, 11) is 0.977. The van der Waals surface area contributed by atoms with E-state index in [0.717, 1.165) is 11.0 Å². The number of carbonyl (C=O) groups is 1. The molecule has 3 nitrogen and oxygen atoms in total. The highest BCUT2D eigenvalue weighted by Crippen LogP contribution is 2.01. The third-order valence-electron chi connectivity index (χ3n) is 0.676. The van der Waals surface area contributed by atoms with Gasteiger partial charge in [-0.1, -0.05) is 11.7 Å². The van der Waals surface area contributed by atoms with Gasteiger partial charge >= 0.3 is 5.97 Å².